The highest BCUT2D eigenvalue weighted by Gasteiger charge is 2.31. The Labute approximate surface area is 187 Å². The number of aromatic amines is 1. The van der Waals surface area contributed by atoms with Crippen LogP contribution in [0, 0.1) is 0 Å². The van der Waals surface area contributed by atoms with Crippen molar-refractivity contribution in [2.45, 2.75) is 29.8 Å². The van der Waals surface area contributed by atoms with Gasteiger partial charge in [-0.1, -0.05) is 30.0 Å². The largest absolute Gasteiger partial charge is 0.496 e. The highest BCUT2D eigenvalue weighted by molar-refractivity contribution is 9.10. The Bertz CT molecular complexity index is 1220. The fourth-order valence-corrected chi connectivity index (χ4v) is 5.12. The molecule has 1 N–H and O–H groups in total. The summed E-state index contributed by atoms with van der Waals surface area (Å²) in [6, 6.07) is 12.7. The van der Waals surface area contributed by atoms with Gasteiger partial charge in [-0.2, -0.15) is 0 Å². The third kappa shape index (κ3) is 3.48. The number of para-hydroxylation sites is 1. The molecule has 1 saturated carbocycles. The average Bonchev–Trinajstić information content (AvgIpc) is 3.38. The lowest BCUT2D eigenvalue weighted by Gasteiger charge is -2.13. The summed E-state index contributed by atoms with van der Waals surface area (Å²) in [7, 11) is 3.35. The molecule has 154 valence electrons. The minimum Gasteiger partial charge on any atom is -0.496 e. The van der Waals surface area contributed by atoms with Gasteiger partial charge >= 0.3 is 0 Å². The number of thioether (sulfide) groups is 1. The van der Waals surface area contributed by atoms with Crippen molar-refractivity contribution in [3.63, 3.8) is 0 Å². The number of nitrogens with one attached hydrogen (secondary N) is 1. The normalized spacial score (nSPS) is 13.7. The number of halogens is 1. The van der Waals surface area contributed by atoms with Crippen molar-refractivity contribution in [3.8, 4) is 22.9 Å². The van der Waals surface area contributed by atoms with Crippen molar-refractivity contribution >= 4 is 38.6 Å². The molecule has 1 fully saturated rings. The van der Waals surface area contributed by atoms with Crippen LogP contribution in [0.25, 0.3) is 22.3 Å². The molecule has 0 bridgehead atoms. The molecule has 0 amide bonds. The third-order valence-electron chi connectivity index (χ3n) is 5.32. The molecular formula is C22H21BrN4O2S. The van der Waals surface area contributed by atoms with Gasteiger partial charge in [-0.25, -0.2) is 0 Å². The zero-order valence-electron chi connectivity index (χ0n) is 16.7. The van der Waals surface area contributed by atoms with E-state index in [1.807, 2.05) is 24.4 Å². The molecule has 4 aromatic rings. The zero-order chi connectivity index (χ0) is 20.7. The standard InChI is InChI=1S/C22H21BrN4O2S/c1-28-19-10-17(23)20(29-2)9-13(19)12-30-22-26-25-21(27(22)14-7-8-14)16-11-24-18-6-4-3-5-15(16)18/h3-6,9-11,14,24H,7-8,12H2,1-2H3. The van der Waals surface area contributed by atoms with E-state index in [0.29, 0.717) is 11.8 Å². The van der Waals surface area contributed by atoms with Crippen LogP contribution in [0.5, 0.6) is 11.5 Å². The minimum absolute atomic E-state index is 0.465. The Morgan fingerprint density at radius 2 is 1.93 bits per heavy atom. The van der Waals surface area contributed by atoms with Crippen molar-refractivity contribution in [2.75, 3.05) is 14.2 Å². The molecule has 1 aliphatic rings. The summed E-state index contributed by atoms with van der Waals surface area (Å²) < 4.78 is 14.2. The summed E-state index contributed by atoms with van der Waals surface area (Å²) in [4.78, 5) is 3.35. The first-order valence-corrected chi connectivity index (χ1v) is 11.5. The van der Waals surface area contributed by atoms with Crippen molar-refractivity contribution < 1.29 is 9.47 Å². The van der Waals surface area contributed by atoms with Gasteiger partial charge in [-0.3, -0.25) is 4.57 Å². The Morgan fingerprint density at radius 1 is 1.13 bits per heavy atom. The second-order valence-corrected chi connectivity index (χ2v) is 9.04. The van der Waals surface area contributed by atoms with E-state index in [9.17, 15) is 0 Å². The molecule has 0 saturated heterocycles. The number of ether oxygens (including phenoxy) is 2. The lowest BCUT2D eigenvalue weighted by atomic mass is 10.1. The molecular weight excluding hydrogens is 464 g/mol. The van der Waals surface area contributed by atoms with Gasteiger partial charge in [-0.05, 0) is 47.0 Å². The van der Waals surface area contributed by atoms with Crippen LogP contribution in [0.3, 0.4) is 0 Å². The van der Waals surface area contributed by atoms with E-state index >= 15 is 0 Å². The molecule has 2 aromatic carbocycles. The Kier molecular flexibility index (Phi) is 5.20. The Balaban J connectivity index is 1.48. The van der Waals surface area contributed by atoms with Gasteiger partial charge in [0.2, 0.25) is 0 Å². The highest BCUT2D eigenvalue weighted by Crippen LogP contribution is 2.43. The zero-order valence-corrected chi connectivity index (χ0v) is 19.1. The second-order valence-electron chi connectivity index (χ2n) is 7.24. The number of H-pyrrole nitrogens is 1. The van der Waals surface area contributed by atoms with Crippen LogP contribution >= 0.6 is 27.7 Å². The van der Waals surface area contributed by atoms with Crippen LogP contribution in [0.4, 0.5) is 0 Å². The molecule has 5 rings (SSSR count). The van der Waals surface area contributed by atoms with Gasteiger partial charge in [0.05, 0.1) is 18.7 Å². The van der Waals surface area contributed by atoms with Crippen molar-refractivity contribution in [1.29, 1.82) is 0 Å². The summed E-state index contributed by atoms with van der Waals surface area (Å²) in [5.74, 6) is 3.25. The molecule has 0 aliphatic heterocycles. The molecule has 6 nitrogen and oxygen atoms in total. The van der Waals surface area contributed by atoms with Gasteiger partial charge in [0, 0.05) is 40.0 Å². The maximum atomic E-state index is 5.57. The van der Waals surface area contributed by atoms with Gasteiger partial charge in [0.25, 0.3) is 0 Å². The Morgan fingerprint density at radius 3 is 2.70 bits per heavy atom. The van der Waals surface area contributed by atoms with Crippen molar-refractivity contribution in [1.82, 2.24) is 19.7 Å². The Hall–Kier alpha value is -2.45. The molecule has 0 spiro atoms. The maximum absolute atomic E-state index is 5.57. The van der Waals surface area contributed by atoms with Crippen LogP contribution < -0.4 is 9.47 Å². The van der Waals surface area contributed by atoms with Crippen LogP contribution in [-0.4, -0.2) is 34.0 Å². The number of methoxy groups -OCH3 is 2. The highest BCUT2D eigenvalue weighted by atomic mass is 79.9. The van der Waals surface area contributed by atoms with E-state index in [4.69, 9.17) is 9.47 Å². The number of aromatic nitrogens is 4. The van der Waals surface area contributed by atoms with Gasteiger partial charge < -0.3 is 14.5 Å². The average molecular weight is 485 g/mol. The van der Waals surface area contributed by atoms with Crippen LogP contribution in [-0.2, 0) is 5.75 Å². The summed E-state index contributed by atoms with van der Waals surface area (Å²) >= 11 is 5.20. The lowest BCUT2D eigenvalue weighted by Crippen LogP contribution is -2.00. The number of benzene rings is 2. The molecule has 2 aromatic heterocycles. The minimum atomic E-state index is 0.465. The topological polar surface area (TPSA) is 65.0 Å². The first kappa shape index (κ1) is 19.5. The number of hydrogen-bond acceptors (Lipinski definition) is 5. The van der Waals surface area contributed by atoms with E-state index in [-0.39, 0.29) is 0 Å². The second kappa shape index (κ2) is 8.00. The number of rotatable bonds is 7. The molecule has 0 unspecified atom stereocenters. The maximum Gasteiger partial charge on any atom is 0.192 e. The van der Waals surface area contributed by atoms with Gasteiger partial charge in [0.1, 0.15) is 11.5 Å². The fraction of sp³-hybridized carbons (Fsp3) is 0.273. The summed E-state index contributed by atoms with van der Waals surface area (Å²) in [5.41, 5.74) is 3.26. The van der Waals surface area contributed by atoms with Gasteiger partial charge in [-0.15, -0.1) is 10.2 Å². The molecule has 8 heteroatoms. The first-order chi connectivity index (χ1) is 14.7. The number of hydrogen-bond donors (Lipinski definition) is 1. The van der Waals surface area contributed by atoms with Crippen molar-refractivity contribution in [3.05, 3.63) is 52.6 Å². The van der Waals surface area contributed by atoms with Crippen LogP contribution in [0.15, 0.2) is 52.2 Å². The SMILES string of the molecule is COc1cc(CSc2nnc(-c3c[nH]c4ccccc34)n2C2CC2)c(OC)cc1Br. The number of nitrogens with zero attached hydrogens (tertiary/aromatic N) is 3. The molecule has 1 aliphatic carbocycles. The van der Waals surface area contributed by atoms with E-state index < -0.39 is 0 Å². The van der Waals surface area contributed by atoms with Gasteiger partial charge in [0.15, 0.2) is 11.0 Å². The van der Waals surface area contributed by atoms with E-state index in [0.717, 1.165) is 56.4 Å². The summed E-state index contributed by atoms with van der Waals surface area (Å²) in [5, 5.41) is 11.2. The molecule has 0 radical (unpaired) electrons. The fourth-order valence-electron chi connectivity index (χ4n) is 3.66. The lowest BCUT2D eigenvalue weighted by molar-refractivity contribution is 0.398. The summed E-state index contributed by atoms with van der Waals surface area (Å²) in [6.07, 6.45) is 4.36. The molecule has 2 heterocycles. The monoisotopic (exact) mass is 484 g/mol. The van der Waals surface area contributed by atoms with Crippen LogP contribution in [0.2, 0.25) is 0 Å². The van der Waals surface area contributed by atoms with E-state index in [1.165, 1.54) is 5.39 Å². The van der Waals surface area contributed by atoms with E-state index in [2.05, 4.69) is 53.9 Å². The molecule has 30 heavy (non-hydrogen) atoms. The smallest absolute Gasteiger partial charge is 0.192 e. The van der Waals surface area contributed by atoms with Crippen LogP contribution in [0.1, 0.15) is 24.4 Å². The van der Waals surface area contributed by atoms with E-state index in [1.54, 1.807) is 26.0 Å². The predicted octanol–water partition coefficient (Wildman–Crippen LogP) is 5.83. The van der Waals surface area contributed by atoms with Crippen molar-refractivity contribution in [2.24, 2.45) is 0 Å². The first-order valence-electron chi connectivity index (χ1n) is 9.74. The molecule has 0 atom stereocenters. The predicted molar refractivity (Wildman–Crippen MR) is 122 cm³/mol. The summed E-state index contributed by atoms with van der Waals surface area (Å²) in [6.45, 7) is 0. The third-order valence-corrected chi connectivity index (χ3v) is 6.93. The number of fused-ring (bicyclic) bond motifs is 1. The quantitative estimate of drug-likeness (QED) is 0.334.